The van der Waals surface area contributed by atoms with Crippen LogP contribution in [0.2, 0.25) is 0 Å². The lowest BCUT2D eigenvalue weighted by Crippen LogP contribution is -1.93. The second-order valence-electron chi connectivity index (χ2n) is 1.70. The predicted molar refractivity (Wildman–Crippen MR) is 34.2 cm³/mol. The van der Waals surface area contributed by atoms with Gasteiger partial charge in [-0.1, -0.05) is 6.07 Å². The molecule has 1 rings (SSSR count). The van der Waals surface area contributed by atoms with E-state index in [1.807, 2.05) is 0 Å². The number of rotatable bonds is 1. The number of carbonyl (C=O) groups is 1. The van der Waals surface area contributed by atoms with E-state index in [4.69, 9.17) is 1.37 Å². The summed E-state index contributed by atoms with van der Waals surface area (Å²) >= 11 is 0. The smallest absolute Gasteiger partial charge is 0.178 e. The Morgan fingerprint density at radius 2 is 2.67 bits per heavy atom. The van der Waals surface area contributed by atoms with Crippen molar-refractivity contribution in [1.29, 1.82) is 0 Å². The number of aromatic nitrogens is 1. The quantitative estimate of drug-likeness (QED) is 0.526. The van der Waals surface area contributed by atoms with E-state index in [2.05, 4.69) is 4.98 Å². The van der Waals surface area contributed by atoms with Crippen molar-refractivity contribution in [1.82, 2.24) is 4.98 Å². The van der Waals surface area contributed by atoms with Gasteiger partial charge in [-0.25, -0.2) is 0 Å². The Bertz CT molecular complexity index is 242. The topological polar surface area (TPSA) is 30.0 Å². The molecular weight excluding hydrogens is 114 g/mol. The van der Waals surface area contributed by atoms with Gasteiger partial charge in [0, 0.05) is 13.1 Å². The Hall–Kier alpha value is -1.18. The van der Waals surface area contributed by atoms with Gasteiger partial charge in [0.05, 0.1) is 1.37 Å². The molecule has 0 saturated carbocycles. The lowest BCUT2D eigenvalue weighted by atomic mass is 10.3. The van der Waals surface area contributed by atoms with Gasteiger partial charge < -0.3 is 0 Å². The maximum absolute atomic E-state index is 10.6. The first-order chi connectivity index (χ1) is 4.70. The zero-order valence-electron chi connectivity index (χ0n) is 6.09. The molecule has 1 aromatic heterocycles. The summed E-state index contributed by atoms with van der Waals surface area (Å²) in [4.78, 5) is 14.4. The molecule has 0 spiro atoms. The van der Waals surface area contributed by atoms with Gasteiger partial charge in [0.1, 0.15) is 5.69 Å². The zero-order chi connectivity index (χ0) is 7.56. The highest BCUT2D eigenvalue weighted by molar-refractivity contribution is 5.91. The van der Waals surface area contributed by atoms with Gasteiger partial charge in [-0.15, -0.1) is 0 Å². The molecule has 0 aliphatic heterocycles. The van der Waals surface area contributed by atoms with Crippen LogP contribution in [-0.4, -0.2) is 10.8 Å². The molecule has 9 heavy (non-hydrogen) atoms. The number of hydrogen-bond donors (Lipinski definition) is 0. The third kappa shape index (κ3) is 1.35. The number of ketones is 1. The summed E-state index contributed by atoms with van der Waals surface area (Å²) in [5.41, 5.74) is 0.413. The largest absolute Gasteiger partial charge is 0.293 e. The van der Waals surface area contributed by atoms with Crippen molar-refractivity contribution >= 4 is 5.78 Å². The van der Waals surface area contributed by atoms with Gasteiger partial charge in [0.25, 0.3) is 0 Å². The predicted octanol–water partition coefficient (Wildman–Crippen LogP) is 1.28. The van der Waals surface area contributed by atoms with E-state index in [9.17, 15) is 4.79 Å². The van der Waals surface area contributed by atoms with Crippen LogP contribution < -0.4 is 0 Å². The standard InChI is InChI=1S/C7H7NO/c1-6(9)7-4-2-3-5-8-7/h2-5H,1H3/i3T. The summed E-state index contributed by atoms with van der Waals surface area (Å²) in [7, 11) is 0. The summed E-state index contributed by atoms with van der Waals surface area (Å²) in [5, 5.41) is 0. The first-order valence-corrected chi connectivity index (χ1v) is 2.64. The molecule has 0 radical (unpaired) electrons. The van der Waals surface area contributed by atoms with E-state index < -0.39 is 0 Å². The summed E-state index contributed by atoms with van der Waals surface area (Å²) in [5.74, 6) is -0.0694. The molecule has 0 atom stereocenters. The molecule has 0 N–H and O–H groups in total. The van der Waals surface area contributed by atoms with E-state index >= 15 is 0 Å². The van der Waals surface area contributed by atoms with Crippen molar-refractivity contribution in [2.75, 3.05) is 0 Å². The average Bonchev–Trinajstić information content (AvgIpc) is 1.88. The summed E-state index contributed by atoms with van der Waals surface area (Å²) in [6.45, 7) is 1.45. The highest BCUT2D eigenvalue weighted by atomic mass is 16.1. The molecule has 0 amide bonds. The van der Waals surface area contributed by atoms with Gasteiger partial charge in [-0.3, -0.25) is 9.78 Å². The van der Waals surface area contributed by atoms with Gasteiger partial charge in [0.2, 0.25) is 0 Å². The first-order valence-electron chi connectivity index (χ1n) is 3.14. The number of carbonyl (C=O) groups excluding carboxylic acids is 1. The molecule has 1 aromatic rings. The second kappa shape index (κ2) is 2.40. The van der Waals surface area contributed by atoms with Crippen molar-refractivity contribution in [3.63, 3.8) is 0 Å². The summed E-state index contributed by atoms with van der Waals surface area (Å²) < 4.78 is 7.06. The number of nitrogens with zero attached hydrogens (tertiary/aromatic N) is 1. The molecule has 2 heteroatoms. The van der Waals surface area contributed by atoms with Crippen LogP contribution >= 0.6 is 0 Å². The van der Waals surface area contributed by atoms with E-state index in [-0.39, 0.29) is 5.78 Å². The Balaban J connectivity index is 3.00. The monoisotopic (exact) mass is 123 g/mol. The molecule has 2 nitrogen and oxygen atoms in total. The minimum absolute atomic E-state index is 0.0694. The molecule has 46 valence electrons. The van der Waals surface area contributed by atoms with E-state index in [1.165, 1.54) is 13.1 Å². The molecule has 0 fully saturated rings. The van der Waals surface area contributed by atoms with Crippen LogP contribution in [0.1, 0.15) is 18.8 Å². The van der Waals surface area contributed by atoms with E-state index in [0.717, 1.165) is 0 Å². The highest BCUT2D eigenvalue weighted by Crippen LogP contribution is 1.92. The van der Waals surface area contributed by atoms with Crippen molar-refractivity contribution in [3.05, 3.63) is 30.1 Å². The lowest BCUT2D eigenvalue weighted by Gasteiger charge is -1.88. The van der Waals surface area contributed by atoms with Gasteiger partial charge in [-0.2, -0.15) is 0 Å². The molecule has 0 aliphatic rings. The van der Waals surface area contributed by atoms with Crippen molar-refractivity contribution in [2.45, 2.75) is 6.92 Å². The molecule has 0 unspecified atom stereocenters. The van der Waals surface area contributed by atoms with E-state index in [1.54, 1.807) is 12.1 Å². The molecule has 0 bridgehead atoms. The maximum atomic E-state index is 10.6. The number of pyridine rings is 1. The van der Waals surface area contributed by atoms with Gasteiger partial charge >= 0.3 is 0 Å². The van der Waals surface area contributed by atoms with Crippen LogP contribution in [0.25, 0.3) is 0 Å². The lowest BCUT2D eigenvalue weighted by molar-refractivity contribution is 0.101. The van der Waals surface area contributed by atoms with Crippen molar-refractivity contribution in [2.24, 2.45) is 0 Å². The van der Waals surface area contributed by atoms with Gasteiger partial charge in [0.15, 0.2) is 5.78 Å². The van der Waals surface area contributed by atoms with Crippen LogP contribution in [0.4, 0.5) is 0 Å². The number of Topliss-reactive ketones (excluding diaryl/α,β-unsaturated/α-hetero) is 1. The normalized spacial score (nSPS) is 10.6. The molecule has 1 heterocycles. The number of hydrogen-bond acceptors (Lipinski definition) is 2. The highest BCUT2D eigenvalue weighted by Gasteiger charge is 1.94. The third-order valence-corrected chi connectivity index (χ3v) is 0.976. The average molecular weight is 123 g/mol. The fourth-order valence-electron chi connectivity index (χ4n) is 0.528. The fourth-order valence-corrected chi connectivity index (χ4v) is 0.528. The zero-order valence-corrected chi connectivity index (χ0v) is 5.09. The molecule has 0 aromatic carbocycles. The fraction of sp³-hybridized carbons (Fsp3) is 0.143. The van der Waals surface area contributed by atoms with Crippen LogP contribution in [0.15, 0.2) is 24.4 Å². The minimum atomic E-state index is -0.0694. The molecular formula is C7H7NO. The minimum Gasteiger partial charge on any atom is -0.293 e. The summed E-state index contributed by atoms with van der Waals surface area (Å²) in [6.07, 6.45) is 1.36. The third-order valence-electron chi connectivity index (χ3n) is 0.976. The van der Waals surface area contributed by atoms with Crippen LogP contribution in [0, 0.1) is 0 Å². The SMILES string of the molecule is [3H]c1ccc(C(C)=O)nc1. The second-order valence-corrected chi connectivity index (χ2v) is 1.70. The Morgan fingerprint density at radius 1 is 1.89 bits per heavy atom. The van der Waals surface area contributed by atoms with Gasteiger partial charge in [-0.05, 0) is 12.1 Å². The van der Waals surface area contributed by atoms with E-state index in [0.29, 0.717) is 11.7 Å². The first kappa shape index (κ1) is 4.68. The molecule has 0 aliphatic carbocycles. The van der Waals surface area contributed by atoms with Crippen LogP contribution in [-0.2, 0) is 0 Å². The van der Waals surface area contributed by atoms with Crippen molar-refractivity contribution < 1.29 is 6.17 Å². The van der Waals surface area contributed by atoms with Crippen LogP contribution in [0.3, 0.4) is 0 Å². The molecule has 0 saturated heterocycles. The van der Waals surface area contributed by atoms with Crippen molar-refractivity contribution in [3.8, 4) is 0 Å². The Kier molecular flexibility index (Phi) is 1.24. The summed E-state index contributed by atoms with van der Waals surface area (Å²) in [6, 6.07) is 3.42. The van der Waals surface area contributed by atoms with Crippen LogP contribution in [0.5, 0.6) is 0 Å². The Morgan fingerprint density at radius 3 is 3.11 bits per heavy atom. The maximum Gasteiger partial charge on any atom is 0.178 e. The Labute approximate surface area is 54.9 Å².